The molecule has 17 heavy (non-hydrogen) atoms. The number of nitrogens with one attached hydrogen (secondary N) is 1. The first-order valence-corrected chi connectivity index (χ1v) is 6.98. The van der Waals surface area contributed by atoms with Gasteiger partial charge in [0.25, 0.3) is 0 Å². The monoisotopic (exact) mass is 243 g/mol. The molecular formula is C14H29NO2. The van der Waals surface area contributed by atoms with Crippen molar-refractivity contribution in [2.24, 2.45) is 11.8 Å². The van der Waals surface area contributed by atoms with Crippen molar-refractivity contribution >= 4 is 0 Å². The van der Waals surface area contributed by atoms with Crippen molar-refractivity contribution in [2.45, 2.75) is 58.6 Å². The van der Waals surface area contributed by atoms with E-state index >= 15 is 0 Å². The number of aliphatic hydroxyl groups excluding tert-OH is 1. The summed E-state index contributed by atoms with van der Waals surface area (Å²) in [5.41, 5.74) is -0.291. The van der Waals surface area contributed by atoms with Crippen LogP contribution in [0.25, 0.3) is 0 Å². The molecule has 0 amide bonds. The Morgan fingerprint density at radius 2 is 2.00 bits per heavy atom. The number of aliphatic hydroxyl groups is 1. The van der Waals surface area contributed by atoms with Gasteiger partial charge in [-0.2, -0.15) is 0 Å². The van der Waals surface area contributed by atoms with Gasteiger partial charge in [-0.25, -0.2) is 0 Å². The van der Waals surface area contributed by atoms with Crippen molar-refractivity contribution < 1.29 is 9.84 Å². The molecular weight excluding hydrogens is 214 g/mol. The molecule has 0 spiro atoms. The SMILES string of the molecule is CCNC(C)(CO)COC1CCC(C)C(C)C1. The zero-order valence-electron chi connectivity index (χ0n) is 11.8. The van der Waals surface area contributed by atoms with Gasteiger partial charge < -0.3 is 15.2 Å². The summed E-state index contributed by atoms with van der Waals surface area (Å²) in [6.07, 6.45) is 3.97. The van der Waals surface area contributed by atoms with E-state index in [-0.39, 0.29) is 12.1 Å². The van der Waals surface area contributed by atoms with Gasteiger partial charge in [0, 0.05) is 0 Å². The first-order chi connectivity index (χ1) is 8.00. The topological polar surface area (TPSA) is 41.5 Å². The van der Waals surface area contributed by atoms with E-state index in [2.05, 4.69) is 26.1 Å². The van der Waals surface area contributed by atoms with Crippen LogP contribution in [0.1, 0.15) is 47.0 Å². The summed E-state index contributed by atoms with van der Waals surface area (Å²) in [5, 5.41) is 12.7. The molecule has 1 fully saturated rings. The second-order valence-electron chi connectivity index (χ2n) is 5.95. The summed E-state index contributed by atoms with van der Waals surface area (Å²) < 4.78 is 5.99. The maximum Gasteiger partial charge on any atom is 0.0671 e. The van der Waals surface area contributed by atoms with E-state index in [0.29, 0.717) is 12.7 Å². The van der Waals surface area contributed by atoms with E-state index in [1.54, 1.807) is 0 Å². The Morgan fingerprint density at radius 1 is 1.29 bits per heavy atom. The van der Waals surface area contributed by atoms with Crippen LogP contribution in [-0.2, 0) is 4.74 Å². The molecule has 3 nitrogen and oxygen atoms in total. The Hall–Kier alpha value is -0.120. The van der Waals surface area contributed by atoms with Crippen molar-refractivity contribution in [3.05, 3.63) is 0 Å². The Labute approximate surface area is 106 Å². The summed E-state index contributed by atoms with van der Waals surface area (Å²) in [7, 11) is 0. The molecule has 0 radical (unpaired) electrons. The molecule has 1 saturated carbocycles. The number of hydrogen-bond donors (Lipinski definition) is 2. The van der Waals surface area contributed by atoms with Gasteiger partial charge >= 0.3 is 0 Å². The summed E-state index contributed by atoms with van der Waals surface area (Å²) in [6, 6.07) is 0. The Morgan fingerprint density at radius 3 is 2.53 bits per heavy atom. The van der Waals surface area contributed by atoms with Crippen molar-refractivity contribution in [2.75, 3.05) is 19.8 Å². The van der Waals surface area contributed by atoms with Crippen molar-refractivity contribution in [1.82, 2.24) is 5.32 Å². The highest BCUT2D eigenvalue weighted by Gasteiger charge is 2.28. The zero-order valence-corrected chi connectivity index (χ0v) is 11.8. The van der Waals surface area contributed by atoms with Crippen LogP contribution in [0.15, 0.2) is 0 Å². The summed E-state index contributed by atoms with van der Waals surface area (Å²) in [6.45, 7) is 10.3. The van der Waals surface area contributed by atoms with Gasteiger partial charge in [0.2, 0.25) is 0 Å². The third-order valence-electron chi connectivity index (χ3n) is 4.14. The summed E-state index contributed by atoms with van der Waals surface area (Å²) in [4.78, 5) is 0. The molecule has 0 aromatic carbocycles. The highest BCUT2D eigenvalue weighted by Crippen LogP contribution is 2.31. The lowest BCUT2D eigenvalue weighted by molar-refractivity contribution is -0.0346. The lowest BCUT2D eigenvalue weighted by Crippen LogP contribution is -2.50. The van der Waals surface area contributed by atoms with Crippen LogP contribution in [0.3, 0.4) is 0 Å². The Balaban J connectivity index is 2.34. The minimum Gasteiger partial charge on any atom is -0.394 e. The molecule has 0 heterocycles. The zero-order chi connectivity index (χ0) is 12.9. The molecule has 4 unspecified atom stereocenters. The lowest BCUT2D eigenvalue weighted by Gasteiger charge is -2.35. The van der Waals surface area contributed by atoms with Crippen LogP contribution >= 0.6 is 0 Å². The highest BCUT2D eigenvalue weighted by molar-refractivity contribution is 4.83. The fraction of sp³-hybridized carbons (Fsp3) is 1.00. The molecule has 0 aromatic rings. The quantitative estimate of drug-likeness (QED) is 0.751. The molecule has 0 aromatic heterocycles. The highest BCUT2D eigenvalue weighted by atomic mass is 16.5. The minimum atomic E-state index is -0.291. The van der Waals surface area contributed by atoms with Crippen molar-refractivity contribution in [1.29, 1.82) is 0 Å². The first kappa shape index (κ1) is 14.9. The molecule has 0 bridgehead atoms. The summed E-state index contributed by atoms with van der Waals surface area (Å²) >= 11 is 0. The van der Waals surface area contributed by atoms with Crippen LogP contribution < -0.4 is 5.32 Å². The van der Waals surface area contributed by atoms with Crippen molar-refractivity contribution in [3.8, 4) is 0 Å². The van der Waals surface area contributed by atoms with E-state index < -0.39 is 0 Å². The van der Waals surface area contributed by atoms with E-state index in [4.69, 9.17) is 4.74 Å². The fourth-order valence-electron chi connectivity index (χ4n) is 2.53. The average molecular weight is 243 g/mol. The van der Waals surface area contributed by atoms with Crippen LogP contribution in [0, 0.1) is 11.8 Å². The summed E-state index contributed by atoms with van der Waals surface area (Å²) in [5.74, 6) is 1.58. The largest absolute Gasteiger partial charge is 0.394 e. The smallest absolute Gasteiger partial charge is 0.0671 e. The maximum absolute atomic E-state index is 9.40. The standard InChI is InChI=1S/C14H29NO2/c1-5-15-14(4,9-16)10-17-13-7-6-11(2)12(3)8-13/h11-13,15-16H,5-10H2,1-4H3. The first-order valence-electron chi connectivity index (χ1n) is 6.98. The molecule has 0 saturated heterocycles. The minimum absolute atomic E-state index is 0.125. The predicted octanol–water partition coefficient (Wildman–Crippen LogP) is 2.19. The maximum atomic E-state index is 9.40. The predicted molar refractivity (Wildman–Crippen MR) is 71.1 cm³/mol. The van der Waals surface area contributed by atoms with E-state index in [1.807, 2.05) is 6.92 Å². The number of hydrogen-bond acceptors (Lipinski definition) is 3. The average Bonchev–Trinajstić information content (AvgIpc) is 2.31. The van der Waals surface area contributed by atoms with Gasteiger partial charge in [0.1, 0.15) is 0 Å². The van der Waals surface area contributed by atoms with E-state index in [1.165, 1.54) is 12.8 Å². The van der Waals surface area contributed by atoms with Gasteiger partial charge in [-0.3, -0.25) is 0 Å². The normalized spacial score (nSPS) is 33.4. The van der Waals surface area contributed by atoms with Crippen LogP contribution in [0.5, 0.6) is 0 Å². The van der Waals surface area contributed by atoms with Crippen LogP contribution in [0.2, 0.25) is 0 Å². The number of ether oxygens (including phenoxy) is 1. The van der Waals surface area contributed by atoms with Gasteiger partial charge in [0.05, 0.1) is 24.9 Å². The van der Waals surface area contributed by atoms with Crippen LogP contribution in [-0.4, -0.2) is 36.5 Å². The number of likely N-dealkylation sites (N-methyl/N-ethyl adjacent to an activating group) is 1. The Bertz CT molecular complexity index is 222. The lowest BCUT2D eigenvalue weighted by atomic mass is 9.80. The van der Waals surface area contributed by atoms with Gasteiger partial charge in [-0.1, -0.05) is 20.8 Å². The fourth-order valence-corrected chi connectivity index (χ4v) is 2.53. The molecule has 0 aliphatic heterocycles. The third-order valence-corrected chi connectivity index (χ3v) is 4.14. The van der Waals surface area contributed by atoms with Gasteiger partial charge in [-0.15, -0.1) is 0 Å². The van der Waals surface area contributed by atoms with E-state index in [0.717, 1.165) is 24.8 Å². The molecule has 2 N–H and O–H groups in total. The second-order valence-corrected chi connectivity index (χ2v) is 5.95. The molecule has 1 rings (SSSR count). The molecule has 102 valence electrons. The molecule has 1 aliphatic carbocycles. The molecule has 1 aliphatic rings. The third kappa shape index (κ3) is 4.57. The number of rotatable bonds is 6. The van der Waals surface area contributed by atoms with Gasteiger partial charge in [-0.05, 0) is 44.6 Å². The Kier molecular flexibility index (Phi) is 5.90. The molecule has 4 atom stereocenters. The molecule has 3 heteroatoms. The van der Waals surface area contributed by atoms with Gasteiger partial charge in [0.15, 0.2) is 0 Å². The van der Waals surface area contributed by atoms with Crippen LogP contribution in [0.4, 0.5) is 0 Å². The van der Waals surface area contributed by atoms with E-state index in [9.17, 15) is 5.11 Å². The second kappa shape index (κ2) is 6.72. The van der Waals surface area contributed by atoms with Crippen molar-refractivity contribution in [3.63, 3.8) is 0 Å².